The Morgan fingerprint density at radius 1 is 0.889 bits per heavy atom. The van der Waals surface area contributed by atoms with E-state index in [4.69, 9.17) is 13.0 Å². The number of hydrogen-bond donors (Lipinski definition) is 1. The molecule has 1 rings (SSSR count). The number of nitrogens with zero attached hydrogens (tertiary/aromatic N) is 1. The molecule has 0 aromatic heterocycles. The number of alkyl halides is 3. The number of piperidine rings is 1. The molecule has 4 nitrogen and oxygen atoms in total. The summed E-state index contributed by atoms with van der Waals surface area (Å²) in [4.78, 5) is 2.69. The number of unbranched alkanes of at least 4 members (excludes halogenated alkanes) is 9. The van der Waals surface area contributed by atoms with Crippen LogP contribution in [0.15, 0.2) is 0 Å². The van der Waals surface area contributed by atoms with Crippen LogP contribution < -0.4 is 0 Å². The second kappa shape index (κ2) is 14.6. The molecule has 0 aliphatic carbocycles. The van der Waals surface area contributed by atoms with Crippen molar-refractivity contribution in [2.24, 2.45) is 5.92 Å². The van der Waals surface area contributed by atoms with Crippen LogP contribution in [0.4, 0.5) is 13.2 Å². The third kappa shape index (κ3) is 15.3. The summed E-state index contributed by atoms with van der Waals surface area (Å²) in [5.41, 5.74) is -5.53. The molecule has 0 radical (unpaired) electrons. The summed E-state index contributed by atoms with van der Waals surface area (Å²) in [7, 11) is -5.84. The number of hydrogen-bond acceptors (Lipinski definition) is 3. The number of likely N-dealkylation sites (tertiary alicyclic amines) is 1. The van der Waals surface area contributed by atoms with Gasteiger partial charge in [-0.05, 0) is 44.8 Å². The van der Waals surface area contributed by atoms with Gasteiger partial charge in [0.2, 0.25) is 0 Å². The van der Waals surface area contributed by atoms with Crippen LogP contribution in [0.25, 0.3) is 0 Å². The summed E-state index contributed by atoms with van der Waals surface area (Å²) in [5.74, 6) is 0.976. The zero-order valence-corrected chi connectivity index (χ0v) is 17.8. The van der Waals surface area contributed by atoms with E-state index in [1.54, 1.807) is 0 Å². The van der Waals surface area contributed by atoms with Gasteiger partial charge in [-0.15, -0.1) is 0 Å². The molecule has 0 bridgehead atoms. The summed E-state index contributed by atoms with van der Waals surface area (Å²) in [6.07, 6.45) is 17.4. The van der Waals surface area contributed by atoms with Crippen LogP contribution >= 0.6 is 0 Å². The Morgan fingerprint density at radius 3 is 1.63 bits per heavy atom. The minimum atomic E-state index is -5.84. The van der Waals surface area contributed by atoms with E-state index in [0.717, 1.165) is 5.92 Å². The monoisotopic (exact) mass is 417 g/mol. The van der Waals surface area contributed by atoms with Crippen molar-refractivity contribution in [3.05, 3.63) is 0 Å². The van der Waals surface area contributed by atoms with Gasteiger partial charge in [0.25, 0.3) is 0 Å². The molecule has 1 fully saturated rings. The molecule has 1 N–H and O–H groups in total. The van der Waals surface area contributed by atoms with Crippen molar-refractivity contribution in [3.8, 4) is 0 Å². The predicted molar refractivity (Wildman–Crippen MR) is 104 cm³/mol. The van der Waals surface area contributed by atoms with Crippen LogP contribution in [0.5, 0.6) is 0 Å². The Kier molecular flexibility index (Phi) is 14.4. The van der Waals surface area contributed by atoms with Crippen molar-refractivity contribution in [2.75, 3.05) is 19.6 Å². The van der Waals surface area contributed by atoms with Crippen LogP contribution in [0.3, 0.4) is 0 Å². The molecule has 1 saturated heterocycles. The SMILES string of the molecule is CCCCCCCCCCCCN1CCC(C)CC1.O=S(=O)(O)C(F)(F)F. The van der Waals surface area contributed by atoms with Crippen molar-refractivity contribution >= 4 is 10.1 Å². The molecule has 0 atom stereocenters. The summed E-state index contributed by atoms with van der Waals surface area (Å²) < 4.78 is 57.5. The lowest BCUT2D eigenvalue weighted by Gasteiger charge is -2.30. The largest absolute Gasteiger partial charge is 0.522 e. The maximum absolute atomic E-state index is 10.7. The van der Waals surface area contributed by atoms with Gasteiger partial charge in [0, 0.05) is 0 Å². The Labute approximate surface area is 163 Å². The highest BCUT2D eigenvalue weighted by molar-refractivity contribution is 7.86. The van der Waals surface area contributed by atoms with Crippen molar-refractivity contribution in [2.45, 2.75) is 96.4 Å². The molecular weight excluding hydrogens is 379 g/mol. The van der Waals surface area contributed by atoms with Gasteiger partial charge in [-0.3, -0.25) is 4.55 Å². The normalized spacial score (nSPS) is 16.8. The third-order valence-corrected chi connectivity index (χ3v) is 5.58. The van der Waals surface area contributed by atoms with Crippen molar-refractivity contribution in [1.82, 2.24) is 4.90 Å². The Balaban J connectivity index is 0.000000713. The first-order chi connectivity index (χ1) is 12.6. The Bertz CT molecular complexity index is 448. The van der Waals surface area contributed by atoms with E-state index in [1.165, 1.54) is 96.7 Å². The molecular formula is C19H38F3NO3S. The average molecular weight is 418 g/mol. The third-order valence-electron chi connectivity index (χ3n) is 5.00. The zero-order valence-electron chi connectivity index (χ0n) is 16.9. The van der Waals surface area contributed by atoms with Gasteiger partial charge in [-0.2, -0.15) is 21.6 Å². The smallest absolute Gasteiger partial charge is 0.303 e. The lowest BCUT2D eigenvalue weighted by Crippen LogP contribution is -2.33. The fourth-order valence-electron chi connectivity index (χ4n) is 3.11. The molecule has 0 saturated carbocycles. The van der Waals surface area contributed by atoms with Crippen LogP contribution in [0.1, 0.15) is 90.9 Å². The van der Waals surface area contributed by atoms with E-state index in [9.17, 15) is 13.2 Å². The Hall–Kier alpha value is -0.340. The fraction of sp³-hybridized carbons (Fsp3) is 1.00. The summed E-state index contributed by atoms with van der Waals surface area (Å²) in [5, 5.41) is 0. The Morgan fingerprint density at radius 2 is 1.26 bits per heavy atom. The molecule has 8 heteroatoms. The number of rotatable bonds is 11. The molecule has 0 amide bonds. The van der Waals surface area contributed by atoms with Crippen LogP contribution in [-0.4, -0.2) is 43.0 Å². The highest BCUT2D eigenvalue weighted by Gasteiger charge is 2.44. The summed E-state index contributed by atoms with van der Waals surface area (Å²) >= 11 is 0. The minimum Gasteiger partial charge on any atom is -0.303 e. The minimum absolute atomic E-state index is 0.976. The predicted octanol–water partition coefficient (Wildman–Crippen LogP) is 6.03. The van der Waals surface area contributed by atoms with Gasteiger partial charge in [0.15, 0.2) is 0 Å². The van der Waals surface area contributed by atoms with E-state index in [1.807, 2.05) is 0 Å². The molecule has 0 aromatic rings. The van der Waals surface area contributed by atoms with Crippen LogP contribution in [0, 0.1) is 5.92 Å². The highest BCUT2D eigenvalue weighted by atomic mass is 32.2. The maximum atomic E-state index is 10.7. The van der Waals surface area contributed by atoms with Gasteiger partial charge < -0.3 is 4.90 Å². The summed E-state index contributed by atoms with van der Waals surface area (Å²) in [6.45, 7) is 8.78. The lowest BCUT2D eigenvalue weighted by molar-refractivity contribution is -0.0510. The van der Waals surface area contributed by atoms with Crippen molar-refractivity contribution < 1.29 is 26.1 Å². The first-order valence-corrected chi connectivity index (χ1v) is 11.8. The van der Waals surface area contributed by atoms with Gasteiger partial charge in [-0.25, -0.2) is 0 Å². The molecule has 1 heterocycles. The molecule has 1 aliphatic rings. The van der Waals surface area contributed by atoms with Crippen LogP contribution in [-0.2, 0) is 10.1 Å². The first-order valence-electron chi connectivity index (χ1n) is 10.3. The van der Waals surface area contributed by atoms with Crippen LogP contribution in [0.2, 0.25) is 0 Å². The van der Waals surface area contributed by atoms with E-state index in [2.05, 4.69) is 18.7 Å². The lowest BCUT2D eigenvalue weighted by atomic mass is 9.99. The van der Waals surface area contributed by atoms with Gasteiger partial charge in [0.1, 0.15) is 0 Å². The fourth-order valence-corrected chi connectivity index (χ4v) is 3.11. The van der Waals surface area contributed by atoms with Gasteiger partial charge in [0.05, 0.1) is 0 Å². The van der Waals surface area contributed by atoms with E-state index < -0.39 is 15.6 Å². The van der Waals surface area contributed by atoms with Crippen molar-refractivity contribution in [3.63, 3.8) is 0 Å². The topological polar surface area (TPSA) is 57.6 Å². The van der Waals surface area contributed by atoms with E-state index in [-0.39, 0.29) is 0 Å². The van der Waals surface area contributed by atoms with Crippen molar-refractivity contribution in [1.29, 1.82) is 0 Å². The summed E-state index contributed by atoms with van der Waals surface area (Å²) in [6, 6.07) is 0. The second-order valence-corrected chi connectivity index (χ2v) is 9.04. The van der Waals surface area contributed by atoms with Gasteiger partial charge in [-0.1, -0.05) is 71.6 Å². The van der Waals surface area contributed by atoms with Gasteiger partial charge >= 0.3 is 15.6 Å². The average Bonchev–Trinajstić information content (AvgIpc) is 2.57. The molecule has 0 spiro atoms. The maximum Gasteiger partial charge on any atom is 0.522 e. The quantitative estimate of drug-likeness (QED) is 0.253. The van der Waals surface area contributed by atoms with E-state index >= 15 is 0 Å². The molecule has 1 aliphatic heterocycles. The molecule has 27 heavy (non-hydrogen) atoms. The molecule has 164 valence electrons. The molecule has 0 aromatic carbocycles. The number of halogens is 3. The molecule has 0 unspecified atom stereocenters. The van der Waals surface area contributed by atoms with E-state index in [0.29, 0.717) is 0 Å². The highest BCUT2D eigenvalue weighted by Crippen LogP contribution is 2.20. The second-order valence-electron chi connectivity index (χ2n) is 7.63. The standard InChI is InChI=1S/C18H37N.CHF3O3S/c1-3-4-5-6-7-8-9-10-11-12-15-19-16-13-18(2)14-17-19;2-1(3,4)8(5,6)7/h18H,3-17H2,1-2H3;(H,5,6,7). The first kappa shape index (κ1) is 26.7. The zero-order chi connectivity index (χ0) is 20.8.